The topological polar surface area (TPSA) is 258 Å². The molecule has 3 heterocycles. The van der Waals surface area contributed by atoms with Crippen molar-refractivity contribution >= 4 is 60.2 Å². The smallest absolute Gasteiger partial charge is 0.336 e. The average Bonchev–Trinajstić information content (AvgIpc) is 3.69. The number of carboxylic acids is 1. The molecular formula is C55H57N4O12S2+. The summed E-state index contributed by atoms with van der Waals surface area (Å²) in [5.74, 6) is -1.50. The fraction of sp³-hybridized carbons (Fsp3) is 0.273. The molecule has 1 aliphatic carbocycles. The minimum absolute atomic E-state index is 0.0142. The van der Waals surface area contributed by atoms with Gasteiger partial charge in [-0.25, -0.2) is 4.79 Å². The fourth-order valence-electron chi connectivity index (χ4n) is 10.2. The van der Waals surface area contributed by atoms with Crippen LogP contribution in [-0.4, -0.2) is 71.4 Å². The van der Waals surface area contributed by atoms with Gasteiger partial charge >= 0.3 is 5.97 Å². The number of rotatable bonds is 17. The predicted octanol–water partition coefficient (Wildman–Crippen LogP) is 8.99. The minimum Gasteiger partial charge on any atom is -0.507 e. The highest BCUT2D eigenvalue weighted by molar-refractivity contribution is 7.86. The summed E-state index contributed by atoms with van der Waals surface area (Å²) in [5.41, 5.74) is 11.3. The molecule has 380 valence electrons. The Labute approximate surface area is 423 Å². The third-order valence-electron chi connectivity index (χ3n) is 13.9. The number of carbonyl (C=O) groups is 2. The largest absolute Gasteiger partial charge is 0.507 e. The maximum atomic E-state index is 13.4. The molecule has 0 unspecified atom stereocenters. The van der Waals surface area contributed by atoms with Crippen molar-refractivity contribution in [1.29, 1.82) is 0 Å². The molecular weight excluding hydrogens is 973 g/mol. The van der Waals surface area contributed by atoms with E-state index < -0.39 is 37.0 Å². The number of carbonyl (C=O) groups excluding carboxylic acids is 1. The lowest BCUT2D eigenvalue weighted by molar-refractivity contribution is -0.438. The normalized spacial score (nSPS) is 15.8. The monoisotopic (exact) mass is 1030 g/mol. The zero-order chi connectivity index (χ0) is 52.8. The summed E-state index contributed by atoms with van der Waals surface area (Å²) in [6.07, 6.45) is 11.5. The number of hydrogen-bond donors (Lipinski definition) is 6. The van der Waals surface area contributed by atoms with E-state index in [1.165, 1.54) is 42.5 Å². The summed E-state index contributed by atoms with van der Waals surface area (Å²) in [5, 5.41) is 24.6. The molecule has 1 amide bonds. The number of amides is 1. The minimum atomic E-state index is -4.49. The number of allylic oxidation sites excluding steroid dienone is 6. The number of aromatic hydroxyl groups is 1. The number of hydrogen-bond acceptors (Lipinski definition) is 11. The van der Waals surface area contributed by atoms with Gasteiger partial charge in [-0.15, -0.1) is 0 Å². The molecule has 0 atom stereocenters. The SMILES string of the molecule is CCN1/C(=C/C=C/C=C/C2=[N+](CCCCCC(=O)NCc3c(O)ccc4c(-c5ccccc5C(=O)O)c5ccc(=O)c(CN)c-5oc34)c3ccc(S(=O)(=O)O)cc3C2(C)C)C(C)(C)c2ccc(S(=O)(=O)O)cc21. The molecule has 0 aromatic heterocycles. The molecule has 18 heteroatoms. The number of benzene rings is 5. The molecule has 0 fully saturated rings. The number of carboxylic acid groups (broad SMARTS) is 1. The van der Waals surface area contributed by atoms with Gasteiger partial charge in [0.1, 0.15) is 23.6 Å². The van der Waals surface area contributed by atoms with E-state index in [-0.39, 0.29) is 74.4 Å². The van der Waals surface area contributed by atoms with E-state index in [1.54, 1.807) is 42.5 Å². The van der Waals surface area contributed by atoms with Crippen LogP contribution in [0.3, 0.4) is 0 Å². The molecule has 0 saturated carbocycles. The third kappa shape index (κ3) is 9.88. The van der Waals surface area contributed by atoms with Crippen LogP contribution >= 0.6 is 0 Å². The molecule has 4 aliphatic rings. The highest BCUT2D eigenvalue weighted by Crippen LogP contribution is 2.49. The van der Waals surface area contributed by atoms with Gasteiger partial charge in [-0.1, -0.05) is 56.3 Å². The van der Waals surface area contributed by atoms with Crippen molar-refractivity contribution < 1.29 is 54.7 Å². The molecule has 0 saturated heterocycles. The van der Waals surface area contributed by atoms with Crippen LogP contribution in [0.15, 0.2) is 140 Å². The van der Waals surface area contributed by atoms with E-state index in [1.807, 2.05) is 69.9 Å². The van der Waals surface area contributed by atoms with E-state index in [4.69, 9.17) is 10.2 Å². The van der Waals surface area contributed by atoms with Crippen LogP contribution in [0.1, 0.15) is 92.9 Å². The van der Waals surface area contributed by atoms with Gasteiger partial charge in [0.05, 0.1) is 38.4 Å². The number of nitrogens with zero attached hydrogens (tertiary/aromatic N) is 2. The Balaban J connectivity index is 0.996. The Hall–Kier alpha value is -7.22. The van der Waals surface area contributed by atoms with Gasteiger partial charge in [0.15, 0.2) is 11.1 Å². The highest BCUT2D eigenvalue weighted by atomic mass is 32.2. The van der Waals surface area contributed by atoms with Crippen LogP contribution in [0.2, 0.25) is 0 Å². The Morgan fingerprint density at radius 1 is 0.808 bits per heavy atom. The second kappa shape index (κ2) is 20.0. The van der Waals surface area contributed by atoms with Crippen LogP contribution < -0.4 is 21.4 Å². The number of fused-ring (bicyclic) bond motifs is 4. The third-order valence-corrected chi connectivity index (χ3v) is 15.6. The fourth-order valence-corrected chi connectivity index (χ4v) is 11.2. The van der Waals surface area contributed by atoms with Crippen LogP contribution in [0.4, 0.5) is 11.4 Å². The van der Waals surface area contributed by atoms with Gasteiger partial charge in [-0.05, 0) is 105 Å². The van der Waals surface area contributed by atoms with E-state index in [2.05, 4.69) is 9.89 Å². The zero-order valence-electron chi connectivity index (χ0n) is 41.0. The molecule has 0 radical (unpaired) electrons. The molecule has 0 spiro atoms. The van der Waals surface area contributed by atoms with Gasteiger partial charge in [-0.2, -0.15) is 21.4 Å². The lowest BCUT2D eigenvalue weighted by atomic mass is 9.81. The zero-order valence-corrected chi connectivity index (χ0v) is 42.6. The number of nitrogens with one attached hydrogen (secondary N) is 1. The molecule has 16 nitrogen and oxygen atoms in total. The van der Waals surface area contributed by atoms with E-state index in [0.717, 1.165) is 22.7 Å². The first-order valence-electron chi connectivity index (χ1n) is 23.7. The second-order valence-corrected chi connectivity index (χ2v) is 22.0. The summed E-state index contributed by atoms with van der Waals surface area (Å²) in [6, 6.07) is 21.6. The average molecular weight is 1030 g/mol. The predicted molar refractivity (Wildman–Crippen MR) is 279 cm³/mol. The van der Waals surface area contributed by atoms with Crippen LogP contribution in [0, 0.1) is 0 Å². The quantitative estimate of drug-likeness (QED) is 0.0164. The van der Waals surface area contributed by atoms with Crippen LogP contribution in [0.5, 0.6) is 5.75 Å². The van der Waals surface area contributed by atoms with Crippen LogP contribution in [-0.2, 0) is 49.0 Å². The van der Waals surface area contributed by atoms with Crippen molar-refractivity contribution in [1.82, 2.24) is 5.32 Å². The van der Waals surface area contributed by atoms with E-state index in [9.17, 15) is 50.5 Å². The number of phenols is 1. The van der Waals surface area contributed by atoms with Crippen LogP contribution in [0.25, 0.3) is 33.4 Å². The van der Waals surface area contributed by atoms with Gasteiger partial charge < -0.3 is 30.6 Å². The highest BCUT2D eigenvalue weighted by Gasteiger charge is 2.45. The summed E-state index contributed by atoms with van der Waals surface area (Å²) in [7, 11) is -8.89. The second-order valence-electron chi connectivity index (χ2n) is 19.1. The summed E-state index contributed by atoms with van der Waals surface area (Å²) >= 11 is 0. The summed E-state index contributed by atoms with van der Waals surface area (Å²) < 4.78 is 76.6. The molecule has 7 N–H and O–H groups in total. The maximum absolute atomic E-state index is 13.4. The van der Waals surface area contributed by atoms with Crippen molar-refractivity contribution in [3.05, 3.63) is 159 Å². The molecule has 0 bridgehead atoms. The first-order chi connectivity index (χ1) is 34.5. The number of likely N-dealkylation sites (N-methyl/N-ethyl adjacent to an activating group) is 1. The number of anilines is 1. The molecule has 3 aliphatic heterocycles. The maximum Gasteiger partial charge on any atom is 0.336 e. The van der Waals surface area contributed by atoms with Crippen molar-refractivity contribution in [2.75, 3.05) is 18.0 Å². The lowest BCUT2D eigenvalue weighted by Gasteiger charge is -2.25. The Kier molecular flexibility index (Phi) is 14.3. The standard InChI is InChI=1S/C55H56N4O12S2/c1-6-58-44-30-34(73(68,69)70)20-24-41(44)54(2,3)47(58)17-9-7-10-18-48-55(4,5)42-29-33(72(65,66)67)21-25-43(42)59(48)28-14-8-11-19-49(62)57-32-40-46(61)27-23-38-50(35-15-12-13-16-36(35)53(63)64)37-22-26-45(60)39(31-56)51(37)71-52(38)40/h7,9-10,12-13,15-18,20-27,29-30H,6,8,11,14,19,28,31-32,56H2,1-5H3,(H4-,57,60,61,62,63,64,65,66,67,68,69,70)/p+1. The molecule has 73 heavy (non-hydrogen) atoms. The summed E-state index contributed by atoms with van der Waals surface area (Å²) in [4.78, 5) is 40.4. The Bertz CT molecular complexity index is 3630. The molecule has 4 aromatic carbocycles. The van der Waals surface area contributed by atoms with Gasteiger partial charge in [-0.3, -0.25) is 18.7 Å². The first kappa shape index (κ1) is 52.1. The van der Waals surface area contributed by atoms with Gasteiger partial charge in [0.25, 0.3) is 20.2 Å². The Morgan fingerprint density at radius 2 is 1.52 bits per heavy atom. The number of nitrogens with two attached hydrogens (primary N) is 1. The Morgan fingerprint density at radius 3 is 2.22 bits per heavy atom. The van der Waals surface area contributed by atoms with Crippen molar-refractivity contribution in [3.63, 3.8) is 0 Å². The van der Waals surface area contributed by atoms with E-state index >= 15 is 0 Å². The number of aromatic carboxylic acids is 1. The number of unbranched alkanes of at least 4 members (excludes halogenated alkanes) is 2. The van der Waals surface area contributed by atoms with Crippen molar-refractivity contribution in [2.24, 2.45) is 5.73 Å². The van der Waals surface area contributed by atoms with Gasteiger partial charge in [0.2, 0.25) is 11.6 Å². The lowest BCUT2D eigenvalue weighted by Crippen LogP contribution is -2.28. The first-order valence-corrected chi connectivity index (χ1v) is 26.6. The van der Waals surface area contributed by atoms with Crippen molar-refractivity contribution in [2.45, 2.75) is 94.0 Å². The van der Waals surface area contributed by atoms with E-state index in [0.29, 0.717) is 65.7 Å². The van der Waals surface area contributed by atoms with Crippen molar-refractivity contribution in [3.8, 4) is 28.2 Å². The number of phenolic OH excluding ortho intramolecular Hbond substituents is 1. The molecule has 8 rings (SSSR count). The molecule has 4 aromatic rings. The van der Waals surface area contributed by atoms with Gasteiger partial charge in [0, 0.05) is 76.9 Å². The summed E-state index contributed by atoms with van der Waals surface area (Å²) in [6.45, 7) is 10.8.